The lowest BCUT2D eigenvalue weighted by molar-refractivity contribution is -0.125. The molecule has 154 valence electrons. The summed E-state index contributed by atoms with van der Waals surface area (Å²) in [6.45, 7) is 1.63. The van der Waals surface area contributed by atoms with Gasteiger partial charge in [0.15, 0.2) is 5.78 Å². The van der Waals surface area contributed by atoms with E-state index in [0.29, 0.717) is 24.0 Å². The van der Waals surface area contributed by atoms with Gasteiger partial charge in [0.2, 0.25) is 15.9 Å². The first-order chi connectivity index (χ1) is 13.8. The Kier molecular flexibility index (Phi) is 6.44. The number of nitrogens with one attached hydrogen (secondary N) is 1. The van der Waals surface area contributed by atoms with Crippen molar-refractivity contribution in [2.75, 3.05) is 6.54 Å². The molecule has 1 atom stereocenters. The summed E-state index contributed by atoms with van der Waals surface area (Å²) in [6.07, 6.45) is 1.78. The molecule has 1 heterocycles. The summed E-state index contributed by atoms with van der Waals surface area (Å²) in [5.41, 5.74) is 0.757. The van der Waals surface area contributed by atoms with Crippen LogP contribution in [0.3, 0.4) is 0 Å². The first-order valence-corrected chi connectivity index (χ1v) is 10.9. The summed E-state index contributed by atoms with van der Waals surface area (Å²) < 4.78 is 41.2. The van der Waals surface area contributed by atoms with Crippen LogP contribution in [-0.4, -0.2) is 37.0 Å². The first kappa shape index (κ1) is 21.1. The summed E-state index contributed by atoms with van der Waals surface area (Å²) in [6, 6.07) is 11.0. The van der Waals surface area contributed by atoms with Gasteiger partial charge in [-0.25, -0.2) is 12.8 Å². The smallest absolute Gasteiger partial charge is 0.243 e. The number of Topliss-reactive ketones (excluding diaryl/α,β-unsaturated/α-hetero) is 1. The van der Waals surface area contributed by atoms with E-state index < -0.39 is 27.8 Å². The van der Waals surface area contributed by atoms with Crippen molar-refractivity contribution in [3.63, 3.8) is 0 Å². The largest absolute Gasteiger partial charge is 0.351 e. The summed E-state index contributed by atoms with van der Waals surface area (Å²) in [5, 5.41) is 2.66. The van der Waals surface area contributed by atoms with E-state index in [-0.39, 0.29) is 23.8 Å². The predicted molar refractivity (Wildman–Crippen MR) is 106 cm³/mol. The molecule has 1 saturated heterocycles. The lowest BCUT2D eigenvalue weighted by Gasteiger charge is -2.33. The second-order valence-corrected chi connectivity index (χ2v) is 8.91. The molecule has 6 nitrogen and oxygen atoms in total. The zero-order valence-corrected chi connectivity index (χ0v) is 16.9. The van der Waals surface area contributed by atoms with Gasteiger partial charge >= 0.3 is 0 Å². The summed E-state index contributed by atoms with van der Waals surface area (Å²) in [5.74, 6) is -1.03. The average Bonchev–Trinajstić information content (AvgIpc) is 2.73. The van der Waals surface area contributed by atoms with Gasteiger partial charge in [-0.3, -0.25) is 9.59 Å². The van der Waals surface area contributed by atoms with Crippen molar-refractivity contribution in [2.24, 2.45) is 0 Å². The van der Waals surface area contributed by atoms with Gasteiger partial charge < -0.3 is 5.32 Å². The molecule has 2 aromatic rings. The quantitative estimate of drug-likeness (QED) is 0.731. The maximum Gasteiger partial charge on any atom is 0.243 e. The number of amides is 1. The van der Waals surface area contributed by atoms with Crippen LogP contribution < -0.4 is 5.32 Å². The summed E-state index contributed by atoms with van der Waals surface area (Å²) in [7, 11) is -3.90. The fourth-order valence-electron chi connectivity index (χ4n) is 3.39. The summed E-state index contributed by atoms with van der Waals surface area (Å²) in [4.78, 5) is 24.2. The van der Waals surface area contributed by atoms with Crippen LogP contribution in [0.5, 0.6) is 0 Å². The Balaban J connectivity index is 1.78. The van der Waals surface area contributed by atoms with E-state index in [9.17, 15) is 22.4 Å². The van der Waals surface area contributed by atoms with E-state index >= 15 is 0 Å². The van der Waals surface area contributed by atoms with Crippen molar-refractivity contribution in [1.29, 1.82) is 0 Å². The Morgan fingerprint density at radius 1 is 1.10 bits per heavy atom. The molecule has 0 radical (unpaired) electrons. The van der Waals surface area contributed by atoms with Gasteiger partial charge in [-0.1, -0.05) is 36.8 Å². The van der Waals surface area contributed by atoms with Crippen molar-refractivity contribution < 1.29 is 22.4 Å². The third kappa shape index (κ3) is 4.71. The minimum atomic E-state index is -3.90. The molecular formula is C21H23FN2O4S. The van der Waals surface area contributed by atoms with Crippen LogP contribution >= 0.6 is 0 Å². The molecule has 1 fully saturated rings. The highest BCUT2D eigenvalue weighted by molar-refractivity contribution is 7.89. The fourth-order valence-corrected chi connectivity index (χ4v) is 5.05. The zero-order chi connectivity index (χ0) is 21.0. The average molecular weight is 418 g/mol. The number of ketones is 1. The molecule has 1 aliphatic rings. The van der Waals surface area contributed by atoms with Gasteiger partial charge in [0.25, 0.3) is 0 Å². The molecule has 29 heavy (non-hydrogen) atoms. The molecule has 3 rings (SSSR count). The molecule has 1 amide bonds. The Hall–Kier alpha value is -2.58. The highest BCUT2D eigenvalue weighted by atomic mass is 32.2. The number of piperidine rings is 1. The van der Waals surface area contributed by atoms with Gasteiger partial charge in [0, 0.05) is 24.2 Å². The van der Waals surface area contributed by atoms with E-state index in [1.807, 2.05) is 0 Å². The first-order valence-electron chi connectivity index (χ1n) is 9.44. The lowest BCUT2D eigenvalue weighted by atomic mass is 10.0. The number of benzene rings is 2. The minimum absolute atomic E-state index is 0.0107. The third-order valence-electron chi connectivity index (χ3n) is 5.03. The number of rotatable bonds is 6. The molecule has 8 heteroatoms. The molecule has 0 aliphatic carbocycles. The highest BCUT2D eigenvalue weighted by Gasteiger charge is 2.37. The van der Waals surface area contributed by atoms with E-state index in [1.165, 1.54) is 41.6 Å². The van der Waals surface area contributed by atoms with Crippen LogP contribution in [0.15, 0.2) is 53.4 Å². The van der Waals surface area contributed by atoms with Crippen LogP contribution in [0.1, 0.15) is 42.1 Å². The number of sulfonamides is 1. The molecule has 1 aliphatic heterocycles. The zero-order valence-electron chi connectivity index (χ0n) is 16.1. The molecule has 1 unspecified atom stereocenters. The van der Waals surface area contributed by atoms with Crippen LogP contribution in [0.2, 0.25) is 0 Å². The van der Waals surface area contributed by atoms with Gasteiger partial charge in [0.1, 0.15) is 11.9 Å². The van der Waals surface area contributed by atoms with Gasteiger partial charge in [0.05, 0.1) is 4.90 Å². The Morgan fingerprint density at radius 3 is 2.45 bits per heavy atom. The molecular weight excluding hydrogens is 395 g/mol. The maximum absolute atomic E-state index is 13.8. The van der Waals surface area contributed by atoms with Gasteiger partial charge in [-0.2, -0.15) is 4.31 Å². The van der Waals surface area contributed by atoms with Crippen LogP contribution in [0.4, 0.5) is 4.39 Å². The topological polar surface area (TPSA) is 83.6 Å². The van der Waals surface area contributed by atoms with Crippen molar-refractivity contribution in [3.8, 4) is 0 Å². The molecule has 0 spiro atoms. The predicted octanol–water partition coefficient (Wildman–Crippen LogP) is 2.89. The third-order valence-corrected chi connectivity index (χ3v) is 6.96. The second-order valence-electron chi connectivity index (χ2n) is 7.02. The second kappa shape index (κ2) is 8.84. The molecule has 0 saturated carbocycles. The standard InChI is InChI=1S/C21H23FN2O4S/c1-15(25)16-9-11-18(12-10-16)29(27,28)24-13-5-4-8-20(24)21(26)23-14-17-6-2-3-7-19(17)22/h2-3,6-7,9-12,20H,4-5,8,13-14H2,1H3,(H,23,26). The fraction of sp³-hybridized carbons (Fsp3) is 0.333. The van der Waals surface area contributed by atoms with Crippen molar-refractivity contribution in [2.45, 2.75) is 43.7 Å². The maximum atomic E-state index is 13.8. The monoisotopic (exact) mass is 418 g/mol. The molecule has 0 bridgehead atoms. The minimum Gasteiger partial charge on any atom is -0.351 e. The number of carbonyl (C=O) groups excluding carboxylic acids is 2. The van der Waals surface area contributed by atoms with E-state index in [4.69, 9.17) is 0 Å². The molecule has 0 aromatic heterocycles. The number of carbonyl (C=O) groups is 2. The van der Waals surface area contributed by atoms with Crippen LogP contribution in [0, 0.1) is 5.82 Å². The number of halogens is 1. The Labute approximate surface area is 169 Å². The Bertz CT molecular complexity index is 1010. The highest BCUT2D eigenvalue weighted by Crippen LogP contribution is 2.26. The van der Waals surface area contributed by atoms with Crippen molar-refractivity contribution >= 4 is 21.7 Å². The van der Waals surface area contributed by atoms with Crippen LogP contribution in [-0.2, 0) is 21.4 Å². The molecule has 1 N–H and O–H groups in total. The van der Waals surface area contributed by atoms with Gasteiger partial charge in [-0.05, 0) is 38.0 Å². The lowest BCUT2D eigenvalue weighted by Crippen LogP contribution is -2.51. The number of nitrogens with zero attached hydrogens (tertiary/aromatic N) is 1. The van der Waals surface area contributed by atoms with Crippen molar-refractivity contribution in [1.82, 2.24) is 9.62 Å². The number of hydrogen-bond acceptors (Lipinski definition) is 4. The normalized spacial score (nSPS) is 17.7. The van der Waals surface area contributed by atoms with Gasteiger partial charge in [-0.15, -0.1) is 0 Å². The van der Waals surface area contributed by atoms with E-state index in [2.05, 4.69) is 5.32 Å². The van der Waals surface area contributed by atoms with E-state index in [0.717, 1.165) is 6.42 Å². The summed E-state index contributed by atoms with van der Waals surface area (Å²) >= 11 is 0. The Morgan fingerprint density at radius 2 is 1.79 bits per heavy atom. The van der Waals surface area contributed by atoms with Crippen molar-refractivity contribution in [3.05, 3.63) is 65.5 Å². The number of hydrogen-bond donors (Lipinski definition) is 1. The van der Waals surface area contributed by atoms with Crippen LogP contribution in [0.25, 0.3) is 0 Å². The molecule has 2 aromatic carbocycles. The van der Waals surface area contributed by atoms with E-state index in [1.54, 1.807) is 18.2 Å². The SMILES string of the molecule is CC(=O)c1ccc(S(=O)(=O)N2CCCCC2C(=O)NCc2ccccc2F)cc1.